The van der Waals surface area contributed by atoms with Crippen molar-refractivity contribution in [1.82, 2.24) is 19.5 Å². The van der Waals surface area contributed by atoms with E-state index >= 15 is 0 Å². The molecule has 1 saturated heterocycles. The summed E-state index contributed by atoms with van der Waals surface area (Å²) in [5.74, 6) is 0.115. The van der Waals surface area contributed by atoms with Crippen LogP contribution in [0, 0.1) is 0 Å². The van der Waals surface area contributed by atoms with Crippen LogP contribution in [0.15, 0.2) is 25.0 Å². The lowest BCUT2D eigenvalue weighted by molar-refractivity contribution is -0.140. The molecule has 1 aliphatic rings. The van der Waals surface area contributed by atoms with Gasteiger partial charge in [-0.05, 0) is 0 Å². The first-order chi connectivity index (χ1) is 9.51. The van der Waals surface area contributed by atoms with E-state index < -0.39 is 24.5 Å². The summed E-state index contributed by atoms with van der Waals surface area (Å²) in [4.78, 5) is 11.9. The second-order valence-electron chi connectivity index (χ2n) is 4.51. The second-order valence-corrected chi connectivity index (χ2v) is 4.51. The number of nitrogen functional groups attached to an aromatic ring is 1. The molecule has 9 nitrogen and oxygen atoms in total. The molecule has 0 radical (unpaired) electrons. The third-order valence-electron chi connectivity index (χ3n) is 3.40. The molecule has 3 atom stereocenters. The summed E-state index contributed by atoms with van der Waals surface area (Å²) < 4.78 is 6.70. The van der Waals surface area contributed by atoms with E-state index in [1.165, 1.54) is 17.2 Å². The average molecular weight is 279 g/mol. The molecule has 0 aliphatic carbocycles. The fourth-order valence-corrected chi connectivity index (χ4v) is 2.29. The van der Waals surface area contributed by atoms with E-state index in [0.29, 0.717) is 5.52 Å². The van der Waals surface area contributed by atoms with Gasteiger partial charge in [-0.1, -0.05) is 6.58 Å². The highest BCUT2D eigenvalue weighted by molar-refractivity contribution is 5.81. The van der Waals surface area contributed by atoms with Crippen LogP contribution in [-0.4, -0.2) is 53.7 Å². The molecule has 3 heterocycles. The van der Waals surface area contributed by atoms with Crippen molar-refractivity contribution in [1.29, 1.82) is 0 Å². The molecule has 0 bridgehead atoms. The summed E-state index contributed by atoms with van der Waals surface area (Å²) in [6, 6.07) is 0. The molecule has 20 heavy (non-hydrogen) atoms. The molecule has 9 heteroatoms. The summed E-state index contributed by atoms with van der Waals surface area (Å²) in [5, 5.41) is 29.6. The zero-order chi connectivity index (χ0) is 14.5. The highest BCUT2D eigenvalue weighted by Gasteiger charge is 2.54. The van der Waals surface area contributed by atoms with E-state index in [9.17, 15) is 15.3 Å². The third-order valence-corrected chi connectivity index (χ3v) is 3.40. The van der Waals surface area contributed by atoms with Crippen LogP contribution in [0.5, 0.6) is 0 Å². The molecule has 3 rings (SSSR count). The molecule has 2 aromatic heterocycles. The van der Waals surface area contributed by atoms with Crippen LogP contribution < -0.4 is 5.73 Å². The Kier molecular flexibility index (Phi) is 2.64. The highest BCUT2D eigenvalue weighted by Crippen LogP contribution is 2.38. The highest BCUT2D eigenvalue weighted by atomic mass is 16.6. The van der Waals surface area contributed by atoms with Crippen molar-refractivity contribution in [2.24, 2.45) is 0 Å². The fraction of sp³-hybridized carbons (Fsp3) is 0.364. The Labute approximate surface area is 113 Å². The SMILES string of the molecule is C=C1O[C@](CO)(n2cnc3c(N)ncnc32)[C@@H](O)[C@@H]1O. The second kappa shape index (κ2) is 4.13. The van der Waals surface area contributed by atoms with Gasteiger partial charge < -0.3 is 25.8 Å². The van der Waals surface area contributed by atoms with Crippen molar-refractivity contribution in [2.75, 3.05) is 12.3 Å². The minimum Gasteiger partial charge on any atom is -0.464 e. The fourth-order valence-electron chi connectivity index (χ4n) is 2.29. The van der Waals surface area contributed by atoms with Crippen molar-refractivity contribution in [3.63, 3.8) is 0 Å². The van der Waals surface area contributed by atoms with Gasteiger partial charge in [-0.25, -0.2) is 15.0 Å². The molecule has 0 spiro atoms. The predicted molar refractivity (Wildman–Crippen MR) is 67.0 cm³/mol. The van der Waals surface area contributed by atoms with Gasteiger partial charge in [-0.3, -0.25) is 4.57 Å². The van der Waals surface area contributed by atoms with E-state index in [1.54, 1.807) is 0 Å². The number of anilines is 1. The maximum Gasteiger partial charge on any atom is 0.240 e. The number of nitrogens with two attached hydrogens (primary N) is 1. The zero-order valence-electron chi connectivity index (χ0n) is 10.3. The molecular weight excluding hydrogens is 266 g/mol. The minimum absolute atomic E-state index is 0.0459. The van der Waals surface area contributed by atoms with Gasteiger partial charge in [0.15, 0.2) is 11.5 Å². The number of hydrogen-bond acceptors (Lipinski definition) is 8. The van der Waals surface area contributed by atoms with Crippen molar-refractivity contribution < 1.29 is 20.1 Å². The molecule has 106 valence electrons. The monoisotopic (exact) mass is 279 g/mol. The number of hydrogen-bond donors (Lipinski definition) is 4. The van der Waals surface area contributed by atoms with Crippen LogP contribution in [0.1, 0.15) is 0 Å². The van der Waals surface area contributed by atoms with Gasteiger partial charge in [0.05, 0.1) is 0 Å². The quantitative estimate of drug-likeness (QED) is 0.511. The summed E-state index contributed by atoms with van der Waals surface area (Å²) in [6.45, 7) is 2.89. The first-order valence-corrected chi connectivity index (χ1v) is 5.80. The van der Waals surface area contributed by atoms with Crippen LogP contribution in [0.4, 0.5) is 5.82 Å². The van der Waals surface area contributed by atoms with Gasteiger partial charge in [0.1, 0.15) is 42.7 Å². The molecule has 1 fully saturated rings. The van der Waals surface area contributed by atoms with E-state index in [4.69, 9.17) is 10.5 Å². The van der Waals surface area contributed by atoms with Crippen LogP contribution in [-0.2, 0) is 10.5 Å². The normalized spacial score (nSPS) is 29.9. The maximum atomic E-state index is 10.2. The van der Waals surface area contributed by atoms with Gasteiger partial charge in [-0.15, -0.1) is 0 Å². The molecule has 0 saturated carbocycles. The number of nitrogens with zero attached hydrogens (tertiary/aromatic N) is 4. The van der Waals surface area contributed by atoms with Crippen LogP contribution in [0.3, 0.4) is 0 Å². The number of fused-ring (bicyclic) bond motifs is 1. The molecule has 5 N–H and O–H groups in total. The summed E-state index contributed by atoms with van der Waals surface area (Å²) in [6.07, 6.45) is -0.207. The zero-order valence-corrected chi connectivity index (χ0v) is 10.3. The molecule has 1 aliphatic heterocycles. The van der Waals surface area contributed by atoms with Gasteiger partial charge in [0, 0.05) is 0 Å². The van der Waals surface area contributed by atoms with Crippen LogP contribution in [0.2, 0.25) is 0 Å². The van der Waals surface area contributed by atoms with E-state index in [0.717, 1.165) is 0 Å². The Bertz CT molecular complexity index is 687. The number of imidazole rings is 1. The number of aliphatic hydroxyl groups excluding tert-OH is 3. The standard InChI is InChI=1S/C11H13N5O4/c1-5-7(18)8(19)11(2-17,20-5)16-4-15-6-9(12)13-3-14-10(6)16/h3-4,7-8,17-19H,1-2H2,(H2,12,13,14)/t7-,8+,11+/m1/s1. The Morgan fingerprint density at radius 3 is 2.75 bits per heavy atom. The molecule has 0 unspecified atom stereocenters. The van der Waals surface area contributed by atoms with Crippen molar-refractivity contribution in [3.05, 3.63) is 25.0 Å². The van der Waals surface area contributed by atoms with Gasteiger partial charge in [0.25, 0.3) is 0 Å². The Balaban J connectivity index is 2.23. The summed E-state index contributed by atoms with van der Waals surface area (Å²) in [5.41, 5.74) is 4.61. The minimum atomic E-state index is -1.65. The Morgan fingerprint density at radius 1 is 1.40 bits per heavy atom. The predicted octanol–water partition coefficient (Wildman–Crippen LogP) is -1.68. The molecular formula is C11H13N5O4. The Morgan fingerprint density at radius 2 is 2.15 bits per heavy atom. The number of ether oxygens (including phenoxy) is 1. The number of rotatable bonds is 2. The van der Waals surface area contributed by atoms with E-state index in [-0.39, 0.29) is 17.2 Å². The molecule has 0 amide bonds. The van der Waals surface area contributed by atoms with E-state index in [1.807, 2.05) is 0 Å². The van der Waals surface area contributed by atoms with Gasteiger partial charge >= 0.3 is 0 Å². The van der Waals surface area contributed by atoms with Crippen molar-refractivity contribution in [2.45, 2.75) is 17.9 Å². The van der Waals surface area contributed by atoms with Crippen molar-refractivity contribution in [3.8, 4) is 0 Å². The lowest BCUT2D eigenvalue weighted by Crippen LogP contribution is -2.48. The first kappa shape index (κ1) is 12.8. The maximum absolute atomic E-state index is 10.2. The average Bonchev–Trinajstić information content (AvgIpc) is 2.96. The molecule has 2 aromatic rings. The lowest BCUT2D eigenvalue weighted by Gasteiger charge is -2.30. The largest absolute Gasteiger partial charge is 0.464 e. The van der Waals surface area contributed by atoms with Crippen molar-refractivity contribution >= 4 is 17.0 Å². The van der Waals surface area contributed by atoms with Gasteiger partial charge in [-0.2, -0.15) is 0 Å². The van der Waals surface area contributed by atoms with Gasteiger partial charge in [0.2, 0.25) is 5.72 Å². The van der Waals surface area contributed by atoms with E-state index in [2.05, 4.69) is 21.5 Å². The smallest absolute Gasteiger partial charge is 0.240 e. The third kappa shape index (κ3) is 1.45. The molecule has 0 aromatic carbocycles. The number of aromatic nitrogens is 4. The first-order valence-electron chi connectivity index (χ1n) is 5.80. The topological polar surface area (TPSA) is 140 Å². The lowest BCUT2D eigenvalue weighted by atomic mass is 10.0. The number of aliphatic hydroxyl groups is 3. The van der Waals surface area contributed by atoms with Crippen LogP contribution >= 0.6 is 0 Å². The Hall–Kier alpha value is -2.23. The van der Waals surface area contributed by atoms with Crippen LogP contribution in [0.25, 0.3) is 11.2 Å². The summed E-state index contributed by atoms with van der Waals surface area (Å²) >= 11 is 0. The summed E-state index contributed by atoms with van der Waals surface area (Å²) in [7, 11) is 0.